The number of anilines is 1. The molecule has 0 aliphatic rings. The van der Waals surface area contributed by atoms with Gasteiger partial charge in [-0.25, -0.2) is 9.97 Å². The zero-order valence-electron chi connectivity index (χ0n) is 10.4. The molecule has 0 aromatic carbocycles. The second-order valence-corrected chi connectivity index (χ2v) is 3.49. The molecule has 0 saturated heterocycles. The molecule has 0 spiro atoms. The van der Waals surface area contributed by atoms with Crippen molar-refractivity contribution < 1.29 is 14.6 Å². The highest BCUT2D eigenvalue weighted by Crippen LogP contribution is 2.20. The van der Waals surface area contributed by atoms with E-state index in [-0.39, 0.29) is 5.95 Å². The normalized spacial score (nSPS) is 13.0. The molecular formula is C11H19N3O3. The van der Waals surface area contributed by atoms with Crippen molar-refractivity contribution in [1.29, 1.82) is 0 Å². The van der Waals surface area contributed by atoms with E-state index in [1.807, 2.05) is 13.8 Å². The number of nitrogens with zero attached hydrogens (tertiary/aromatic N) is 2. The number of ether oxygens (including phenoxy) is 2. The van der Waals surface area contributed by atoms with Gasteiger partial charge in [0, 0.05) is 13.2 Å². The second kappa shape index (κ2) is 6.48. The molecule has 6 heteroatoms. The summed E-state index contributed by atoms with van der Waals surface area (Å²) in [4.78, 5) is 8.00. The van der Waals surface area contributed by atoms with Crippen molar-refractivity contribution in [3.05, 3.63) is 17.5 Å². The SMILES string of the molecule is CCOC(OCC)c1cc(C(C)O)nc(N)n1. The maximum absolute atomic E-state index is 9.49. The summed E-state index contributed by atoms with van der Waals surface area (Å²) in [6, 6.07) is 1.64. The maximum Gasteiger partial charge on any atom is 0.220 e. The van der Waals surface area contributed by atoms with Gasteiger partial charge < -0.3 is 20.3 Å². The number of hydrogen-bond acceptors (Lipinski definition) is 6. The Morgan fingerprint density at radius 3 is 2.24 bits per heavy atom. The second-order valence-electron chi connectivity index (χ2n) is 3.49. The van der Waals surface area contributed by atoms with E-state index in [1.165, 1.54) is 0 Å². The van der Waals surface area contributed by atoms with Gasteiger partial charge in [0.15, 0.2) is 0 Å². The molecule has 96 valence electrons. The van der Waals surface area contributed by atoms with Crippen LogP contribution in [0.25, 0.3) is 0 Å². The minimum absolute atomic E-state index is 0.0998. The fraction of sp³-hybridized carbons (Fsp3) is 0.636. The van der Waals surface area contributed by atoms with Crippen LogP contribution in [0.5, 0.6) is 0 Å². The first-order valence-electron chi connectivity index (χ1n) is 5.64. The van der Waals surface area contributed by atoms with Crippen molar-refractivity contribution in [2.24, 2.45) is 0 Å². The zero-order chi connectivity index (χ0) is 12.8. The summed E-state index contributed by atoms with van der Waals surface area (Å²) >= 11 is 0. The lowest BCUT2D eigenvalue weighted by molar-refractivity contribution is -0.142. The van der Waals surface area contributed by atoms with Gasteiger partial charge in [-0.2, -0.15) is 0 Å². The van der Waals surface area contributed by atoms with E-state index in [0.717, 1.165) is 0 Å². The predicted octanol–water partition coefficient (Wildman–Crippen LogP) is 1.18. The number of hydrogen-bond donors (Lipinski definition) is 2. The molecule has 1 heterocycles. The molecule has 1 atom stereocenters. The Morgan fingerprint density at radius 2 is 1.76 bits per heavy atom. The number of nitrogens with two attached hydrogens (primary N) is 1. The Morgan fingerprint density at radius 1 is 1.24 bits per heavy atom. The Labute approximate surface area is 101 Å². The van der Waals surface area contributed by atoms with Gasteiger partial charge in [0.2, 0.25) is 12.2 Å². The Kier molecular flexibility index (Phi) is 5.27. The molecule has 0 amide bonds. The minimum atomic E-state index is -0.706. The van der Waals surface area contributed by atoms with E-state index < -0.39 is 12.4 Å². The van der Waals surface area contributed by atoms with Crippen LogP contribution in [0.4, 0.5) is 5.95 Å². The highest BCUT2D eigenvalue weighted by molar-refractivity contribution is 5.24. The number of aromatic nitrogens is 2. The van der Waals surface area contributed by atoms with Crippen molar-refractivity contribution in [3.63, 3.8) is 0 Å². The predicted molar refractivity (Wildman–Crippen MR) is 63.1 cm³/mol. The summed E-state index contributed by atoms with van der Waals surface area (Å²) < 4.78 is 10.8. The molecule has 6 nitrogen and oxygen atoms in total. The zero-order valence-corrected chi connectivity index (χ0v) is 10.4. The minimum Gasteiger partial charge on any atom is -0.387 e. The average molecular weight is 241 g/mol. The molecule has 0 aliphatic heterocycles. The van der Waals surface area contributed by atoms with E-state index >= 15 is 0 Å². The summed E-state index contributed by atoms with van der Waals surface area (Å²) in [5.41, 5.74) is 6.56. The quantitative estimate of drug-likeness (QED) is 0.727. The first-order valence-corrected chi connectivity index (χ1v) is 5.64. The summed E-state index contributed by atoms with van der Waals surface area (Å²) in [6.45, 7) is 6.34. The van der Waals surface area contributed by atoms with Gasteiger partial charge in [-0.05, 0) is 26.8 Å². The molecule has 0 saturated carbocycles. The van der Waals surface area contributed by atoms with Crippen LogP contribution in [-0.2, 0) is 9.47 Å². The molecule has 1 rings (SSSR count). The third-order valence-electron chi connectivity index (χ3n) is 2.09. The number of aliphatic hydroxyl groups is 1. The average Bonchev–Trinajstić information content (AvgIpc) is 2.28. The number of rotatable bonds is 6. The third-order valence-corrected chi connectivity index (χ3v) is 2.09. The van der Waals surface area contributed by atoms with Gasteiger partial charge in [-0.15, -0.1) is 0 Å². The van der Waals surface area contributed by atoms with Gasteiger partial charge >= 0.3 is 0 Å². The number of aliphatic hydroxyl groups excluding tert-OH is 1. The molecule has 1 aromatic heterocycles. The highest BCUT2D eigenvalue weighted by Gasteiger charge is 2.16. The van der Waals surface area contributed by atoms with Crippen molar-refractivity contribution in [2.45, 2.75) is 33.2 Å². The lowest BCUT2D eigenvalue weighted by Crippen LogP contribution is -2.14. The fourth-order valence-electron chi connectivity index (χ4n) is 1.36. The van der Waals surface area contributed by atoms with E-state index in [1.54, 1.807) is 13.0 Å². The van der Waals surface area contributed by atoms with Crippen LogP contribution < -0.4 is 5.73 Å². The van der Waals surface area contributed by atoms with Crippen molar-refractivity contribution >= 4 is 5.95 Å². The Hall–Kier alpha value is -1.24. The molecule has 1 aromatic rings. The molecule has 0 radical (unpaired) electrons. The lowest BCUT2D eigenvalue weighted by atomic mass is 10.2. The molecule has 17 heavy (non-hydrogen) atoms. The molecule has 1 unspecified atom stereocenters. The van der Waals surface area contributed by atoms with Crippen LogP contribution in [0.15, 0.2) is 6.07 Å². The van der Waals surface area contributed by atoms with Crippen LogP contribution in [0.2, 0.25) is 0 Å². The van der Waals surface area contributed by atoms with Crippen LogP contribution in [-0.4, -0.2) is 28.3 Å². The third kappa shape index (κ3) is 3.92. The molecular weight excluding hydrogens is 222 g/mol. The topological polar surface area (TPSA) is 90.5 Å². The summed E-state index contributed by atoms with van der Waals surface area (Å²) in [6.07, 6.45) is -1.28. The molecule has 0 fully saturated rings. The van der Waals surface area contributed by atoms with Gasteiger partial charge in [-0.1, -0.05) is 0 Å². The van der Waals surface area contributed by atoms with E-state index in [9.17, 15) is 5.11 Å². The smallest absolute Gasteiger partial charge is 0.220 e. The monoisotopic (exact) mass is 241 g/mol. The summed E-state index contributed by atoms with van der Waals surface area (Å²) in [7, 11) is 0. The molecule has 0 aliphatic carbocycles. The van der Waals surface area contributed by atoms with Crippen LogP contribution >= 0.6 is 0 Å². The summed E-state index contributed by atoms with van der Waals surface area (Å²) in [5, 5.41) is 9.49. The van der Waals surface area contributed by atoms with Gasteiger partial charge in [0.25, 0.3) is 0 Å². The highest BCUT2D eigenvalue weighted by atomic mass is 16.7. The Bertz CT molecular complexity index is 352. The summed E-state index contributed by atoms with van der Waals surface area (Å²) in [5.74, 6) is 0.0998. The standard InChI is InChI=1S/C11H19N3O3/c1-4-16-10(17-5-2)9-6-8(7(3)15)13-11(12)14-9/h6-7,10,15H,4-5H2,1-3H3,(H2,12,13,14). The van der Waals surface area contributed by atoms with Crippen molar-refractivity contribution in [3.8, 4) is 0 Å². The van der Waals surface area contributed by atoms with Gasteiger partial charge in [0.1, 0.15) is 5.69 Å². The van der Waals surface area contributed by atoms with Gasteiger partial charge in [0.05, 0.1) is 11.8 Å². The maximum atomic E-state index is 9.49. The van der Waals surface area contributed by atoms with Crippen LogP contribution in [0.1, 0.15) is 44.6 Å². The Balaban J connectivity index is 3.00. The van der Waals surface area contributed by atoms with E-state index in [4.69, 9.17) is 15.2 Å². The molecule has 3 N–H and O–H groups in total. The first-order chi connectivity index (χ1) is 8.08. The first kappa shape index (κ1) is 13.8. The van der Waals surface area contributed by atoms with E-state index in [2.05, 4.69) is 9.97 Å². The molecule has 0 bridgehead atoms. The van der Waals surface area contributed by atoms with Crippen molar-refractivity contribution in [1.82, 2.24) is 9.97 Å². The number of nitrogen functional groups attached to an aromatic ring is 1. The van der Waals surface area contributed by atoms with E-state index in [0.29, 0.717) is 24.6 Å². The van der Waals surface area contributed by atoms with Gasteiger partial charge in [-0.3, -0.25) is 0 Å². The van der Waals surface area contributed by atoms with Crippen molar-refractivity contribution in [2.75, 3.05) is 18.9 Å². The fourth-order valence-corrected chi connectivity index (χ4v) is 1.36. The lowest BCUT2D eigenvalue weighted by Gasteiger charge is -2.17. The van der Waals surface area contributed by atoms with Crippen LogP contribution in [0.3, 0.4) is 0 Å². The largest absolute Gasteiger partial charge is 0.387 e. The van der Waals surface area contributed by atoms with Crippen LogP contribution in [0, 0.1) is 0 Å².